The molecule has 132 valence electrons. The van der Waals surface area contributed by atoms with Gasteiger partial charge in [0.15, 0.2) is 0 Å². The summed E-state index contributed by atoms with van der Waals surface area (Å²) in [5, 5.41) is 11.5. The molecule has 2 aromatic carbocycles. The van der Waals surface area contributed by atoms with E-state index in [2.05, 4.69) is 0 Å². The van der Waals surface area contributed by atoms with Crippen LogP contribution >= 0.6 is 11.6 Å². The number of nitrogens with zero attached hydrogens (tertiary/aromatic N) is 3. The van der Waals surface area contributed by atoms with E-state index in [1.807, 2.05) is 4.90 Å². The average molecular weight is 382 g/mol. The predicted molar refractivity (Wildman–Crippen MR) is 95.5 cm³/mol. The number of halogens is 1. The lowest BCUT2D eigenvalue weighted by molar-refractivity contribution is -0.384. The van der Waals surface area contributed by atoms with Crippen LogP contribution in [0.25, 0.3) is 0 Å². The zero-order valence-electron chi connectivity index (χ0n) is 13.2. The van der Waals surface area contributed by atoms with E-state index in [9.17, 15) is 18.5 Å². The van der Waals surface area contributed by atoms with Gasteiger partial charge in [-0.25, -0.2) is 8.42 Å². The number of nitro groups is 1. The van der Waals surface area contributed by atoms with E-state index < -0.39 is 14.9 Å². The van der Waals surface area contributed by atoms with Crippen LogP contribution in [-0.2, 0) is 10.0 Å². The number of hydrogen-bond donors (Lipinski definition) is 0. The molecule has 0 bridgehead atoms. The summed E-state index contributed by atoms with van der Waals surface area (Å²) in [5.41, 5.74) is 0.373. The van der Waals surface area contributed by atoms with E-state index in [0.29, 0.717) is 23.8 Å². The van der Waals surface area contributed by atoms with Gasteiger partial charge in [0, 0.05) is 37.3 Å². The Kier molecular flexibility index (Phi) is 4.94. The molecule has 1 saturated heterocycles. The molecule has 1 aliphatic heterocycles. The maximum Gasteiger partial charge on any atom is 0.294 e. The van der Waals surface area contributed by atoms with Crippen LogP contribution < -0.4 is 4.90 Å². The van der Waals surface area contributed by atoms with Gasteiger partial charge in [0.05, 0.1) is 9.82 Å². The number of sulfonamides is 1. The van der Waals surface area contributed by atoms with Crippen molar-refractivity contribution in [2.45, 2.75) is 4.90 Å². The van der Waals surface area contributed by atoms with Crippen molar-refractivity contribution in [2.75, 3.05) is 31.1 Å². The van der Waals surface area contributed by atoms with Crippen LogP contribution in [0.1, 0.15) is 0 Å². The third kappa shape index (κ3) is 3.60. The number of benzene rings is 2. The normalized spacial score (nSPS) is 16.0. The number of hydrogen-bond acceptors (Lipinski definition) is 5. The summed E-state index contributed by atoms with van der Waals surface area (Å²) in [6, 6.07) is 12.7. The van der Waals surface area contributed by atoms with Crippen LogP contribution in [0.15, 0.2) is 53.4 Å². The molecule has 3 rings (SSSR count). The van der Waals surface area contributed by atoms with E-state index in [0.717, 1.165) is 0 Å². The number of anilines is 1. The Hall–Kier alpha value is -2.16. The molecule has 0 unspecified atom stereocenters. The van der Waals surface area contributed by atoms with Gasteiger partial charge in [0.2, 0.25) is 10.0 Å². The third-order valence-electron chi connectivity index (χ3n) is 4.09. The summed E-state index contributed by atoms with van der Waals surface area (Å²) < 4.78 is 26.7. The van der Waals surface area contributed by atoms with Crippen LogP contribution in [0, 0.1) is 10.1 Å². The summed E-state index contributed by atoms with van der Waals surface area (Å²) in [7, 11) is -3.55. The minimum atomic E-state index is -3.55. The van der Waals surface area contributed by atoms with Crippen molar-refractivity contribution in [3.05, 3.63) is 63.7 Å². The van der Waals surface area contributed by atoms with Gasteiger partial charge in [-0.05, 0) is 24.3 Å². The van der Waals surface area contributed by atoms with E-state index in [1.54, 1.807) is 42.5 Å². The van der Waals surface area contributed by atoms with Crippen molar-refractivity contribution in [3.8, 4) is 0 Å². The lowest BCUT2D eigenvalue weighted by Crippen LogP contribution is -2.48. The molecular weight excluding hydrogens is 366 g/mol. The fraction of sp³-hybridized carbons (Fsp3) is 0.250. The lowest BCUT2D eigenvalue weighted by atomic mass is 10.2. The molecule has 0 amide bonds. The largest absolute Gasteiger partial charge is 0.363 e. The average Bonchev–Trinajstić information content (AvgIpc) is 2.62. The Balaban J connectivity index is 1.78. The lowest BCUT2D eigenvalue weighted by Gasteiger charge is -2.35. The first-order chi connectivity index (χ1) is 11.9. The molecule has 9 heteroatoms. The second-order valence-corrected chi connectivity index (χ2v) is 7.97. The van der Waals surface area contributed by atoms with E-state index in [1.165, 1.54) is 10.4 Å². The summed E-state index contributed by atoms with van der Waals surface area (Å²) >= 11 is 5.84. The van der Waals surface area contributed by atoms with E-state index in [4.69, 9.17) is 11.6 Å². The predicted octanol–water partition coefficient (Wildman–Crippen LogP) is 2.76. The first kappa shape index (κ1) is 17.7. The summed E-state index contributed by atoms with van der Waals surface area (Å²) in [5.74, 6) is 0. The first-order valence-corrected chi connectivity index (χ1v) is 9.45. The van der Waals surface area contributed by atoms with Crippen molar-refractivity contribution in [1.82, 2.24) is 4.31 Å². The van der Waals surface area contributed by atoms with Crippen LogP contribution in [0.2, 0.25) is 5.02 Å². The van der Waals surface area contributed by atoms with Crippen molar-refractivity contribution in [1.29, 1.82) is 0 Å². The van der Waals surface area contributed by atoms with Gasteiger partial charge in [0.25, 0.3) is 5.69 Å². The molecule has 1 aliphatic rings. The van der Waals surface area contributed by atoms with E-state index in [-0.39, 0.29) is 23.7 Å². The first-order valence-electron chi connectivity index (χ1n) is 7.64. The molecule has 2 aromatic rings. The molecular formula is C16H16ClN3O4S. The van der Waals surface area contributed by atoms with Gasteiger partial charge < -0.3 is 4.90 Å². The zero-order chi connectivity index (χ0) is 18.0. The Bertz CT molecular complexity index is 882. The Morgan fingerprint density at radius 2 is 1.64 bits per heavy atom. The number of nitro benzene ring substituents is 1. The molecule has 0 spiro atoms. The maximum absolute atomic E-state index is 12.6. The highest BCUT2D eigenvalue weighted by molar-refractivity contribution is 7.89. The fourth-order valence-corrected chi connectivity index (χ4v) is 4.43. The number of piperazine rings is 1. The van der Waals surface area contributed by atoms with Gasteiger partial charge >= 0.3 is 0 Å². The highest BCUT2D eigenvalue weighted by atomic mass is 35.5. The Morgan fingerprint density at radius 3 is 2.24 bits per heavy atom. The van der Waals surface area contributed by atoms with E-state index >= 15 is 0 Å². The molecule has 0 aromatic heterocycles. The van der Waals surface area contributed by atoms with Crippen LogP contribution in [0.3, 0.4) is 0 Å². The van der Waals surface area contributed by atoms with Gasteiger partial charge in [-0.1, -0.05) is 29.8 Å². The van der Waals surface area contributed by atoms with Crippen molar-refractivity contribution in [3.63, 3.8) is 0 Å². The summed E-state index contributed by atoms with van der Waals surface area (Å²) in [6.45, 7) is 1.26. The Morgan fingerprint density at radius 1 is 1.00 bits per heavy atom. The highest BCUT2D eigenvalue weighted by Gasteiger charge is 2.30. The van der Waals surface area contributed by atoms with Gasteiger partial charge in [-0.2, -0.15) is 4.31 Å². The number of rotatable bonds is 4. The van der Waals surface area contributed by atoms with Crippen molar-refractivity contribution in [2.24, 2.45) is 0 Å². The molecule has 1 heterocycles. The van der Waals surface area contributed by atoms with Gasteiger partial charge in [-0.15, -0.1) is 0 Å². The fourth-order valence-electron chi connectivity index (χ4n) is 2.82. The van der Waals surface area contributed by atoms with Crippen molar-refractivity contribution < 1.29 is 13.3 Å². The molecule has 1 fully saturated rings. The second-order valence-electron chi connectivity index (χ2n) is 5.59. The molecule has 0 N–H and O–H groups in total. The van der Waals surface area contributed by atoms with Crippen molar-refractivity contribution >= 4 is 33.0 Å². The molecule has 7 nitrogen and oxygen atoms in total. The molecule has 0 atom stereocenters. The maximum atomic E-state index is 12.6. The van der Waals surface area contributed by atoms with Gasteiger partial charge in [0.1, 0.15) is 5.69 Å². The molecule has 0 radical (unpaired) electrons. The second kappa shape index (κ2) is 6.99. The quantitative estimate of drug-likeness (QED) is 0.600. The minimum absolute atomic E-state index is 0.0770. The van der Waals surface area contributed by atoms with Gasteiger partial charge in [-0.3, -0.25) is 10.1 Å². The SMILES string of the molecule is O=[N+]([O-])c1cc(Cl)ccc1N1CCN(S(=O)(=O)c2ccccc2)CC1. The third-order valence-corrected chi connectivity index (χ3v) is 6.24. The summed E-state index contributed by atoms with van der Waals surface area (Å²) in [6.07, 6.45) is 0. The summed E-state index contributed by atoms with van der Waals surface area (Å²) in [4.78, 5) is 12.8. The van der Waals surface area contributed by atoms with Crippen LogP contribution in [-0.4, -0.2) is 43.8 Å². The topological polar surface area (TPSA) is 83.8 Å². The monoisotopic (exact) mass is 381 g/mol. The van der Waals surface area contributed by atoms with Crippen LogP contribution in [0.4, 0.5) is 11.4 Å². The molecule has 0 saturated carbocycles. The Labute approximate surface area is 150 Å². The molecule has 0 aliphatic carbocycles. The zero-order valence-corrected chi connectivity index (χ0v) is 14.8. The smallest absolute Gasteiger partial charge is 0.294 e. The standard InChI is InChI=1S/C16H16ClN3O4S/c17-13-6-7-15(16(12-13)20(21)22)18-8-10-19(11-9-18)25(23,24)14-4-2-1-3-5-14/h1-7,12H,8-11H2. The molecule has 25 heavy (non-hydrogen) atoms. The van der Waals surface area contributed by atoms with Crippen LogP contribution in [0.5, 0.6) is 0 Å². The minimum Gasteiger partial charge on any atom is -0.363 e. The highest BCUT2D eigenvalue weighted by Crippen LogP contribution is 2.32.